The number of unbranched alkanes of at least 4 members (excludes halogenated alkanes) is 11. The minimum absolute atomic E-state index is 0.287. The van der Waals surface area contributed by atoms with Gasteiger partial charge in [0.2, 0.25) is 6.29 Å². The molecule has 0 aromatic heterocycles. The highest BCUT2D eigenvalue weighted by Crippen LogP contribution is 2.26. The fourth-order valence-corrected chi connectivity index (χ4v) is 4.41. The summed E-state index contributed by atoms with van der Waals surface area (Å²) in [5.41, 5.74) is 0. The average molecular weight is 537 g/mol. The van der Waals surface area contributed by atoms with Crippen molar-refractivity contribution < 1.29 is 39.4 Å². The van der Waals surface area contributed by atoms with Crippen molar-refractivity contribution in [1.82, 2.24) is 0 Å². The molecular formula is C30H48O8. The second kappa shape index (κ2) is 19.1. The highest BCUT2D eigenvalue weighted by atomic mass is 16.7. The molecule has 1 aromatic carbocycles. The van der Waals surface area contributed by atoms with Crippen LogP contribution >= 0.6 is 0 Å². The van der Waals surface area contributed by atoms with Gasteiger partial charge in [-0.05, 0) is 56.4 Å². The lowest BCUT2D eigenvalue weighted by Gasteiger charge is -2.39. The number of benzene rings is 1. The third-order valence-corrected chi connectivity index (χ3v) is 6.80. The predicted molar refractivity (Wildman–Crippen MR) is 146 cm³/mol. The van der Waals surface area contributed by atoms with Gasteiger partial charge in [-0.1, -0.05) is 70.4 Å². The standard InChI is InChI=1S/C30H48O8/c1-2-3-4-5-6-7-8-9-10-11-12-13-14-15-16-17-26(32)36-23-18-20-24(21-19-23)37-30-29(35)28(34)27(33)25(22-31)38-30/h9-10,18-21,25,27-31,33-35H,2-8,11-17,22H2,1H3/t25-,27-,28+,29-,30-/m1/s1. The first-order valence-corrected chi connectivity index (χ1v) is 14.4. The number of hydrogen-bond acceptors (Lipinski definition) is 8. The molecule has 0 amide bonds. The first kappa shape index (κ1) is 32.2. The lowest BCUT2D eigenvalue weighted by Crippen LogP contribution is -2.60. The molecule has 8 nitrogen and oxygen atoms in total. The van der Waals surface area contributed by atoms with Crippen LogP contribution in [0.25, 0.3) is 0 Å². The van der Waals surface area contributed by atoms with Crippen LogP contribution in [-0.4, -0.2) is 63.7 Å². The number of esters is 1. The summed E-state index contributed by atoms with van der Waals surface area (Å²) in [6.45, 7) is 1.72. The number of aliphatic hydroxyl groups excluding tert-OH is 4. The Morgan fingerprint density at radius 1 is 0.789 bits per heavy atom. The van der Waals surface area contributed by atoms with Crippen LogP contribution in [0.15, 0.2) is 36.4 Å². The zero-order valence-electron chi connectivity index (χ0n) is 22.9. The van der Waals surface area contributed by atoms with E-state index in [9.17, 15) is 25.2 Å². The largest absolute Gasteiger partial charge is 0.462 e. The number of carbonyl (C=O) groups is 1. The van der Waals surface area contributed by atoms with Crippen molar-refractivity contribution in [3.8, 4) is 11.5 Å². The molecule has 0 radical (unpaired) electrons. The summed E-state index contributed by atoms with van der Waals surface area (Å²) < 4.78 is 16.2. The van der Waals surface area contributed by atoms with Crippen molar-refractivity contribution >= 4 is 5.97 Å². The van der Waals surface area contributed by atoms with E-state index in [1.165, 1.54) is 57.8 Å². The molecule has 1 saturated heterocycles. The van der Waals surface area contributed by atoms with Gasteiger partial charge in [0.15, 0.2) is 0 Å². The Kier molecular flexibility index (Phi) is 16.2. The molecule has 1 aromatic rings. The van der Waals surface area contributed by atoms with Crippen LogP contribution in [0.4, 0.5) is 0 Å². The van der Waals surface area contributed by atoms with Gasteiger partial charge in [0, 0.05) is 6.42 Å². The smallest absolute Gasteiger partial charge is 0.311 e. The van der Waals surface area contributed by atoms with Crippen LogP contribution < -0.4 is 9.47 Å². The molecule has 38 heavy (non-hydrogen) atoms. The zero-order valence-corrected chi connectivity index (χ0v) is 22.9. The van der Waals surface area contributed by atoms with E-state index in [2.05, 4.69) is 19.1 Å². The molecule has 216 valence electrons. The van der Waals surface area contributed by atoms with Gasteiger partial charge in [-0.3, -0.25) is 4.79 Å². The molecule has 2 rings (SSSR count). The van der Waals surface area contributed by atoms with Crippen LogP contribution in [0.2, 0.25) is 0 Å². The van der Waals surface area contributed by atoms with E-state index in [1.54, 1.807) is 24.3 Å². The highest BCUT2D eigenvalue weighted by molar-refractivity contribution is 5.72. The van der Waals surface area contributed by atoms with Crippen molar-refractivity contribution in [2.24, 2.45) is 0 Å². The van der Waals surface area contributed by atoms with Crippen LogP contribution in [0, 0.1) is 0 Å². The van der Waals surface area contributed by atoms with Crippen LogP contribution in [0.3, 0.4) is 0 Å². The molecule has 1 aliphatic rings. The molecule has 0 unspecified atom stereocenters. The Labute approximate surface area is 227 Å². The van der Waals surface area contributed by atoms with Crippen LogP contribution in [-0.2, 0) is 9.53 Å². The molecule has 0 saturated carbocycles. The third kappa shape index (κ3) is 12.3. The van der Waals surface area contributed by atoms with E-state index in [0.717, 1.165) is 25.7 Å². The van der Waals surface area contributed by atoms with Gasteiger partial charge in [0.05, 0.1) is 6.61 Å². The summed E-state index contributed by atoms with van der Waals surface area (Å²) >= 11 is 0. The molecule has 1 heterocycles. The maximum Gasteiger partial charge on any atom is 0.311 e. The number of aliphatic hydroxyl groups is 4. The normalized spacial score (nSPS) is 23.6. The predicted octanol–water partition coefficient (Wildman–Crippen LogP) is 4.81. The Bertz CT molecular complexity index is 779. The monoisotopic (exact) mass is 536 g/mol. The number of carbonyl (C=O) groups excluding carboxylic acids is 1. The second-order valence-electron chi connectivity index (χ2n) is 10.1. The maximum absolute atomic E-state index is 12.1. The average Bonchev–Trinajstić information content (AvgIpc) is 2.92. The fourth-order valence-electron chi connectivity index (χ4n) is 4.41. The van der Waals surface area contributed by atoms with E-state index in [1.807, 2.05) is 0 Å². The lowest BCUT2D eigenvalue weighted by molar-refractivity contribution is -0.277. The van der Waals surface area contributed by atoms with E-state index in [-0.39, 0.29) is 5.97 Å². The van der Waals surface area contributed by atoms with Gasteiger partial charge >= 0.3 is 5.97 Å². The number of hydrogen-bond donors (Lipinski definition) is 4. The third-order valence-electron chi connectivity index (χ3n) is 6.80. The van der Waals surface area contributed by atoms with E-state index in [0.29, 0.717) is 17.9 Å². The first-order valence-electron chi connectivity index (χ1n) is 14.4. The minimum Gasteiger partial charge on any atom is -0.462 e. The zero-order chi connectivity index (χ0) is 27.6. The van der Waals surface area contributed by atoms with E-state index in [4.69, 9.17) is 14.2 Å². The molecule has 5 atom stereocenters. The van der Waals surface area contributed by atoms with Crippen LogP contribution in [0.5, 0.6) is 11.5 Å². The fraction of sp³-hybridized carbons (Fsp3) is 0.700. The van der Waals surface area contributed by atoms with E-state index < -0.39 is 37.3 Å². The van der Waals surface area contributed by atoms with E-state index >= 15 is 0 Å². The lowest BCUT2D eigenvalue weighted by atomic mass is 9.99. The summed E-state index contributed by atoms with van der Waals surface area (Å²) in [4.78, 5) is 12.1. The van der Waals surface area contributed by atoms with Gasteiger partial charge in [0.25, 0.3) is 0 Å². The van der Waals surface area contributed by atoms with Gasteiger partial charge < -0.3 is 34.6 Å². The Balaban J connectivity index is 1.53. The SMILES string of the molecule is CCCCCCCCC=CCCCCCCCC(=O)Oc1ccc(O[C@@H]2O[C@H](CO)[C@@H](O)[C@H](O)[C@H]2O)cc1. The molecule has 4 N–H and O–H groups in total. The summed E-state index contributed by atoms with van der Waals surface area (Å²) in [6, 6.07) is 6.23. The Morgan fingerprint density at radius 3 is 1.95 bits per heavy atom. The molecule has 1 aliphatic heterocycles. The van der Waals surface area contributed by atoms with Gasteiger partial charge in [-0.2, -0.15) is 0 Å². The quantitative estimate of drug-likeness (QED) is 0.0859. The summed E-state index contributed by atoms with van der Waals surface area (Å²) in [6.07, 6.45) is 13.9. The maximum atomic E-state index is 12.1. The molecule has 0 spiro atoms. The first-order chi connectivity index (χ1) is 18.5. The van der Waals surface area contributed by atoms with Crippen molar-refractivity contribution in [3.05, 3.63) is 36.4 Å². The van der Waals surface area contributed by atoms with Gasteiger partial charge in [-0.25, -0.2) is 0 Å². The summed E-state index contributed by atoms with van der Waals surface area (Å²) in [5.74, 6) is 0.403. The van der Waals surface area contributed by atoms with Crippen molar-refractivity contribution in [1.29, 1.82) is 0 Å². The number of rotatable bonds is 19. The molecule has 1 fully saturated rings. The molecule has 0 aliphatic carbocycles. The van der Waals surface area contributed by atoms with Crippen molar-refractivity contribution in [2.45, 2.75) is 128 Å². The van der Waals surface area contributed by atoms with Crippen molar-refractivity contribution in [2.75, 3.05) is 6.61 Å². The molecule has 0 bridgehead atoms. The second-order valence-corrected chi connectivity index (χ2v) is 10.1. The van der Waals surface area contributed by atoms with Gasteiger partial charge in [0.1, 0.15) is 35.9 Å². The number of ether oxygens (including phenoxy) is 3. The molecular weight excluding hydrogens is 488 g/mol. The topological polar surface area (TPSA) is 126 Å². The molecule has 8 heteroatoms. The minimum atomic E-state index is -1.51. The number of allylic oxidation sites excluding steroid dienone is 2. The summed E-state index contributed by atoms with van der Waals surface area (Å²) in [7, 11) is 0. The van der Waals surface area contributed by atoms with Gasteiger partial charge in [-0.15, -0.1) is 0 Å². The highest BCUT2D eigenvalue weighted by Gasteiger charge is 2.44. The Morgan fingerprint density at radius 2 is 1.34 bits per heavy atom. The Hall–Kier alpha value is -1.97. The van der Waals surface area contributed by atoms with Crippen molar-refractivity contribution in [3.63, 3.8) is 0 Å². The summed E-state index contributed by atoms with van der Waals surface area (Å²) in [5, 5.41) is 39.0. The van der Waals surface area contributed by atoms with Crippen LogP contribution in [0.1, 0.15) is 96.8 Å².